The molecule has 0 unspecified atom stereocenters. The molecule has 0 heterocycles. The van der Waals surface area contributed by atoms with Gasteiger partial charge in [-0.15, -0.1) is 12.4 Å². The summed E-state index contributed by atoms with van der Waals surface area (Å²) >= 11 is 2.06. The van der Waals surface area contributed by atoms with Crippen molar-refractivity contribution in [2.24, 2.45) is 5.73 Å². The fraction of sp³-hybridized carbons (Fsp3) is 0.400. The van der Waals surface area contributed by atoms with Crippen molar-refractivity contribution >= 4 is 35.0 Å². The van der Waals surface area contributed by atoms with Gasteiger partial charge in [0.05, 0.1) is 10.2 Å². The summed E-state index contributed by atoms with van der Waals surface area (Å²) in [6.07, 6.45) is 0. The molecule has 1 atom stereocenters. The second-order valence-corrected chi connectivity index (χ2v) is 5.39. The average molecular weight is 346 g/mol. The van der Waals surface area contributed by atoms with Gasteiger partial charge in [-0.25, -0.2) is 4.39 Å². The predicted octanol–water partition coefficient (Wildman–Crippen LogP) is 3.21. The summed E-state index contributed by atoms with van der Waals surface area (Å²) in [6.45, 7) is 4.10. The van der Waals surface area contributed by atoms with Gasteiger partial charge in [0, 0.05) is 0 Å². The molecule has 0 fully saturated rings. The minimum atomic E-state index is -0.552. The summed E-state index contributed by atoms with van der Waals surface area (Å²) < 4.78 is 17.9. The summed E-state index contributed by atoms with van der Waals surface area (Å²) in [5.74, 6) is -0.0883. The van der Waals surface area contributed by atoms with E-state index in [9.17, 15) is 4.39 Å². The highest BCUT2D eigenvalue weighted by atomic mass is 127. The quantitative estimate of drug-likeness (QED) is 0.519. The van der Waals surface area contributed by atoms with Gasteiger partial charge >= 0.3 is 0 Å². The van der Waals surface area contributed by atoms with Crippen LogP contribution in [-0.4, -0.2) is 6.61 Å². The maximum atomic E-state index is 13.4. The van der Waals surface area contributed by atoms with Gasteiger partial charge in [-0.1, -0.05) is 28.7 Å². The van der Waals surface area contributed by atoms with Crippen molar-refractivity contribution in [1.82, 2.24) is 0 Å². The van der Waals surface area contributed by atoms with Crippen LogP contribution in [0.5, 0.6) is 5.75 Å². The van der Waals surface area contributed by atoms with Gasteiger partial charge < -0.3 is 10.5 Å². The van der Waals surface area contributed by atoms with E-state index < -0.39 is 3.55 Å². The van der Waals surface area contributed by atoms with E-state index in [2.05, 4.69) is 22.6 Å². The Morgan fingerprint density at radius 2 is 2.13 bits per heavy atom. The second-order valence-electron chi connectivity index (χ2n) is 3.15. The van der Waals surface area contributed by atoms with Gasteiger partial charge in [-0.3, -0.25) is 0 Å². The Hall–Kier alpha value is -0.0700. The molecule has 0 spiro atoms. The molecule has 2 nitrogen and oxygen atoms in total. The first-order chi connectivity index (χ1) is 6.45. The Balaban J connectivity index is 0.00000196. The predicted molar refractivity (Wildman–Crippen MR) is 70.4 cm³/mol. The molecule has 0 aliphatic carbocycles. The molecule has 0 radical (unpaired) electrons. The standard InChI is InChI=1S/C10H13FINO.ClH/c1-3-14-9-5-4-7(6-8(9)11)10(2,12)13;/h4-6H,3,13H2,1-2H3;1H/t10-;/m0./s1. The Kier molecular flexibility index (Phi) is 5.84. The van der Waals surface area contributed by atoms with Crippen LogP contribution in [0.15, 0.2) is 18.2 Å². The lowest BCUT2D eigenvalue weighted by Gasteiger charge is -2.17. The molecule has 1 rings (SSSR count). The smallest absolute Gasteiger partial charge is 0.165 e. The number of hydrogen-bond acceptors (Lipinski definition) is 2. The Labute approximate surface area is 109 Å². The number of nitrogens with two attached hydrogens (primary N) is 1. The topological polar surface area (TPSA) is 35.2 Å². The summed E-state index contributed by atoms with van der Waals surface area (Å²) in [6, 6.07) is 4.80. The zero-order valence-corrected chi connectivity index (χ0v) is 11.6. The number of ether oxygens (including phenoxy) is 1. The lowest BCUT2D eigenvalue weighted by Crippen LogP contribution is -2.24. The summed E-state index contributed by atoms with van der Waals surface area (Å²) in [5.41, 5.74) is 6.58. The van der Waals surface area contributed by atoms with Crippen LogP contribution in [0.3, 0.4) is 0 Å². The van der Waals surface area contributed by atoms with Crippen molar-refractivity contribution in [3.05, 3.63) is 29.6 Å². The van der Waals surface area contributed by atoms with Crippen LogP contribution in [-0.2, 0) is 3.55 Å². The third-order valence-corrected chi connectivity index (χ3v) is 2.42. The van der Waals surface area contributed by atoms with Crippen LogP contribution in [0.25, 0.3) is 0 Å². The van der Waals surface area contributed by atoms with E-state index >= 15 is 0 Å². The van der Waals surface area contributed by atoms with Gasteiger partial charge in [0.15, 0.2) is 11.6 Å². The van der Waals surface area contributed by atoms with Crippen LogP contribution < -0.4 is 10.5 Å². The zero-order valence-electron chi connectivity index (χ0n) is 8.59. The van der Waals surface area contributed by atoms with Gasteiger partial charge in [-0.2, -0.15) is 0 Å². The lowest BCUT2D eigenvalue weighted by atomic mass is 10.1. The molecule has 15 heavy (non-hydrogen) atoms. The van der Waals surface area contributed by atoms with E-state index in [4.69, 9.17) is 10.5 Å². The third kappa shape index (κ3) is 4.12. The number of benzene rings is 1. The molecule has 0 saturated carbocycles. The van der Waals surface area contributed by atoms with Gasteiger partial charge in [-0.05, 0) is 31.5 Å². The summed E-state index contributed by atoms with van der Waals surface area (Å²) in [7, 11) is 0. The highest BCUT2D eigenvalue weighted by Crippen LogP contribution is 2.28. The van der Waals surface area contributed by atoms with Crippen molar-refractivity contribution in [3.63, 3.8) is 0 Å². The summed E-state index contributed by atoms with van der Waals surface area (Å²) in [4.78, 5) is 0. The Bertz CT molecular complexity index is 328. The molecular weight excluding hydrogens is 331 g/mol. The van der Waals surface area contributed by atoms with E-state index in [0.29, 0.717) is 6.61 Å². The SMILES string of the molecule is CCOc1ccc([C@](C)(N)I)cc1F.Cl. The highest BCUT2D eigenvalue weighted by Gasteiger charge is 2.18. The molecule has 0 saturated heterocycles. The Morgan fingerprint density at radius 1 is 1.53 bits per heavy atom. The molecule has 0 aromatic heterocycles. The molecule has 2 N–H and O–H groups in total. The van der Waals surface area contributed by atoms with Gasteiger partial charge in [0.25, 0.3) is 0 Å². The van der Waals surface area contributed by atoms with Crippen molar-refractivity contribution in [3.8, 4) is 5.75 Å². The molecule has 0 aliphatic rings. The largest absolute Gasteiger partial charge is 0.491 e. The minimum absolute atomic E-state index is 0. The molecule has 86 valence electrons. The van der Waals surface area contributed by atoms with Crippen LogP contribution in [0.2, 0.25) is 0 Å². The van der Waals surface area contributed by atoms with Crippen molar-refractivity contribution in [2.45, 2.75) is 17.4 Å². The number of hydrogen-bond donors (Lipinski definition) is 1. The summed E-state index contributed by atoms with van der Waals surface area (Å²) in [5, 5.41) is 0. The molecule has 0 aliphatic heterocycles. The highest BCUT2D eigenvalue weighted by molar-refractivity contribution is 14.1. The molecule has 0 amide bonds. The van der Waals surface area contributed by atoms with Crippen molar-refractivity contribution in [1.29, 1.82) is 0 Å². The second kappa shape index (κ2) is 5.86. The third-order valence-electron chi connectivity index (χ3n) is 1.80. The maximum absolute atomic E-state index is 13.4. The minimum Gasteiger partial charge on any atom is -0.491 e. The zero-order chi connectivity index (χ0) is 10.8. The first kappa shape index (κ1) is 14.9. The normalized spacial score (nSPS) is 13.9. The molecule has 1 aromatic carbocycles. The average Bonchev–Trinajstić information content (AvgIpc) is 2.07. The van der Waals surface area contributed by atoms with E-state index in [1.807, 2.05) is 13.8 Å². The van der Waals surface area contributed by atoms with Gasteiger partial charge in [0.1, 0.15) is 0 Å². The van der Waals surface area contributed by atoms with Crippen molar-refractivity contribution < 1.29 is 9.13 Å². The number of alkyl halides is 1. The van der Waals surface area contributed by atoms with Crippen LogP contribution in [0.4, 0.5) is 4.39 Å². The fourth-order valence-electron chi connectivity index (χ4n) is 1.08. The number of halogens is 3. The van der Waals surface area contributed by atoms with E-state index in [1.165, 1.54) is 6.07 Å². The van der Waals surface area contributed by atoms with Gasteiger partial charge in [0.2, 0.25) is 0 Å². The van der Waals surface area contributed by atoms with Crippen LogP contribution in [0.1, 0.15) is 19.4 Å². The Morgan fingerprint density at radius 3 is 2.53 bits per heavy atom. The lowest BCUT2D eigenvalue weighted by molar-refractivity contribution is 0.321. The monoisotopic (exact) mass is 345 g/mol. The van der Waals surface area contributed by atoms with E-state index in [1.54, 1.807) is 12.1 Å². The maximum Gasteiger partial charge on any atom is 0.165 e. The molecular formula is C10H14ClFINO. The van der Waals surface area contributed by atoms with E-state index in [0.717, 1.165) is 5.56 Å². The van der Waals surface area contributed by atoms with Crippen LogP contribution >= 0.6 is 35.0 Å². The molecule has 5 heteroatoms. The first-order valence-electron chi connectivity index (χ1n) is 4.35. The number of rotatable bonds is 3. The molecule has 0 bridgehead atoms. The molecule has 1 aromatic rings. The van der Waals surface area contributed by atoms with Crippen LogP contribution in [0, 0.1) is 5.82 Å². The van der Waals surface area contributed by atoms with Crippen molar-refractivity contribution in [2.75, 3.05) is 6.61 Å². The van der Waals surface area contributed by atoms with E-state index in [-0.39, 0.29) is 24.0 Å². The fourth-order valence-corrected chi connectivity index (χ4v) is 1.41. The first-order valence-corrected chi connectivity index (χ1v) is 5.43.